The van der Waals surface area contributed by atoms with Crippen LogP contribution in [0.5, 0.6) is 17.2 Å². The smallest absolute Gasteiger partial charge is 0.161 e. The summed E-state index contributed by atoms with van der Waals surface area (Å²) < 4.78 is 16.8. The third-order valence-electron chi connectivity index (χ3n) is 5.69. The largest absolute Gasteiger partial charge is 0.495 e. The van der Waals surface area contributed by atoms with Gasteiger partial charge in [-0.15, -0.1) is 0 Å². The fraction of sp³-hybridized carbons (Fsp3) is 0.154. The van der Waals surface area contributed by atoms with E-state index in [1.807, 2.05) is 24.3 Å². The highest BCUT2D eigenvalue weighted by Crippen LogP contribution is 2.37. The van der Waals surface area contributed by atoms with Crippen LogP contribution in [0.3, 0.4) is 0 Å². The van der Waals surface area contributed by atoms with E-state index >= 15 is 0 Å². The van der Waals surface area contributed by atoms with Crippen molar-refractivity contribution in [1.29, 1.82) is 5.26 Å². The number of methoxy groups -OCH3 is 2. The Labute approximate surface area is 222 Å². The lowest BCUT2D eigenvalue weighted by molar-refractivity contribution is 0.267. The van der Waals surface area contributed by atoms with Crippen molar-refractivity contribution in [2.24, 2.45) is 0 Å². The minimum atomic E-state index is 0.357. The molecule has 1 N–H and O–H groups in total. The van der Waals surface area contributed by atoms with Crippen LogP contribution in [0, 0.1) is 11.3 Å². The third kappa shape index (κ3) is 5.03. The Hall–Kier alpha value is -4.26. The van der Waals surface area contributed by atoms with Crippen LogP contribution in [0.1, 0.15) is 5.56 Å². The molecule has 0 spiro atoms. The molecule has 2 heterocycles. The summed E-state index contributed by atoms with van der Waals surface area (Å²) in [5.41, 5.74) is 1.55. The number of pyridine rings is 1. The maximum atomic E-state index is 9.80. The van der Waals surface area contributed by atoms with E-state index in [-0.39, 0.29) is 0 Å². The molecule has 37 heavy (non-hydrogen) atoms. The molecule has 0 atom stereocenters. The second-order valence-electron chi connectivity index (χ2n) is 7.96. The van der Waals surface area contributed by atoms with E-state index in [2.05, 4.69) is 21.6 Å². The minimum Gasteiger partial charge on any atom is -0.495 e. The number of hydrogen-bond acceptors (Lipinski definition) is 8. The molecule has 0 amide bonds. The van der Waals surface area contributed by atoms with Crippen LogP contribution >= 0.6 is 23.2 Å². The summed E-state index contributed by atoms with van der Waals surface area (Å²) >= 11 is 12.5. The molecule has 0 aliphatic heterocycles. The van der Waals surface area contributed by atoms with Crippen LogP contribution in [-0.2, 0) is 6.54 Å². The van der Waals surface area contributed by atoms with Crippen LogP contribution in [0.2, 0.25) is 10.0 Å². The second kappa shape index (κ2) is 10.4. The molecule has 0 aliphatic rings. The molecule has 0 radical (unpaired) electrons. The first-order chi connectivity index (χ1) is 18.0. The van der Waals surface area contributed by atoms with Crippen molar-refractivity contribution in [2.45, 2.75) is 6.54 Å². The Morgan fingerprint density at radius 3 is 2.32 bits per heavy atom. The Bertz CT molecular complexity index is 1650. The number of nitriles is 1. The number of hydrogen-bond donors (Lipinski definition) is 1. The number of aromatic nitrogens is 4. The Morgan fingerprint density at radius 2 is 1.59 bits per heavy atom. The third-order valence-corrected chi connectivity index (χ3v) is 6.29. The van der Waals surface area contributed by atoms with Gasteiger partial charge in [-0.1, -0.05) is 23.2 Å². The highest BCUT2D eigenvalue weighted by molar-refractivity contribution is 6.37. The molecule has 2 aromatic heterocycles. The van der Waals surface area contributed by atoms with E-state index in [4.69, 9.17) is 42.4 Å². The minimum absolute atomic E-state index is 0.357. The fourth-order valence-corrected chi connectivity index (χ4v) is 4.40. The first kappa shape index (κ1) is 24.4. The maximum Gasteiger partial charge on any atom is 0.161 e. The predicted octanol–water partition coefficient (Wildman–Crippen LogP) is 6.00. The number of ether oxygens (including phenoxy) is 3. The van der Waals surface area contributed by atoms with Crippen molar-refractivity contribution < 1.29 is 14.2 Å². The highest BCUT2D eigenvalue weighted by Gasteiger charge is 2.14. The van der Waals surface area contributed by atoms with Crippen LogP contribution < -0.4 is 19.5 Å². The van der Waals surface area contributed by atoms with Gasteiger partial charge in [-0.2, -0.15) is 20.3 Å². The SMILES string of the molecule is COc1cc(Nc2nc3cc4cc(OCCn5nccn5)c(OC)cc4cc3cc2C#N)c(Cl)cc1Cl. The molecule has 0 fully saturated rings. The molecule has 0 saturated heterocycles. The molecule has 5 aromatic rings. The molecule has 3 aromatic carbocycles. The molecule has 0 bridgehead atoms. The normalized spacial score (nSPS) is 10.9. The van der Waals surface area contributed by atoms with Crippen LogP contribution in [0.25, 0.3) is 21.7 Å². The van der Waals surface area contributed by atoms with E-state index < -0.39 is 0 Å². The van der Waals surface area contributed by atoms with Crippen molar-refractivity contribution in [2.75, 3.05) is 26.1 Å². The Balaban J connectivity index is 1.52. The summed E-state index contributed by atoms with van der Waals surface area (Å²) in [6, 6.07) is 14.9. The van der Waals surface area contributed by atoms with Gasteiger partial charge in [0.2, 0.25) is 0 Å². The number of rotatable bonds is 8. The van der Waals surface area contributed by atoms with Crippen LogP contribution in [0.4, 0.5) is 11.5 Å². The van der Waals surface area contributed by atoms with Gasteiger partial charge >= 0.3 is 0 Å². The van der Waals surface area contributed by atoms with E-state index in [1.54, 1.807) is 42.5 Å². The van der Waals surface area contributed by atoms with Crippen LogP contribution in [0.15, 0.2) is 54.9 Å². The molecule has 9 nitrogen and oxygen atoms in total. The van der Waals surface area contributed by atoms with E-state index in [1.165, 1.54) is 7.11 Å². The maximum absolute atomic E-state index is 9.80. The first-order valence-corrected chi connectivity index (χ1v) is 11.9. The standard InChI is InChI=1S/C26H20Cl2N6O3/c1-35-23-13-22(19(27)12-20(23)28)33-26-18(14-29)8-17-7-15-10-24(36-2)25(11-16(15)9-21(17)32-26)37-6-5-34-30-3-4-31-34/h3-4,7-13H,5-6H2,1-2H3,(H,32,33). The van der Waals surface area contributed by atoms with Crippen molar-refractivity contribution >= 4 is 56.4 Å². The van der Waals surface area contributed by atoms with E-state index in [9.17, 15) is 5.26 Å². The second-order valence-corrected chi connectivity index (χ2v) is 8.77. The van der Waals surface area contributed by atoms with Gasteiger partial charge < -0.3 is 19.5 Å². The molecule has 0 aliphatic carbocycles. The molecular formula is C26H20Cl2N6O3. The number of halogens is 2. The molecule has 5 rings (SSSR count). The molecule has 11 heteroatoms. The first-order valence-electron chi connectivity index (χ1n) is 11.1. The van der Waals surface area contributed by atoms with Crippen molar-refractivity contribution in [3.8, 4) is 23.3 Å². The van der Waals surface area contributed by atoms with Gasteiger partial charge in [-0.25, -0.2) is 4.98 Å². The number of nitrogens with zero attached hydrogens (tertiary/aromatic N) is 5. The van der Waals surface area contributed by atoms with E-state index in [0.717, 1.165) is 16.2 Å². The van der Waals surface area contributed by atoms with Crippen molar-refractivity contribution in [3.05, 3.63) is 70.5 Å². The lowest BCUT2D eigenvalue weighted by atomic mass is 10.0. The number of anilines is 2. The summed E-state index contributed by atoms with van der Waals surface area (Å²) in [5.74, 6) is 1.99. The molecule has 0 saturated carbocycles. The summed E-state index contributed by atoms with van der Waals surface area (Å²) in [4.78, 5) is 6.27. The quantitative estimate of drug-likeness (QED) is 0.241. The van der Waals surface area contributed by atoms with Gasteiger partial charge in [0.05, 0.1) is 60.0 Å². The number of fused-ring (bicyclic) bond motifs is 2. The fourth-order valence-electron chi connectivity index (χ4n) is 3.89. The molecular weight excluding hydrogens is 515 g/mol. The lowest BCUT2D eigenvalue weighted by Crippen LogP contribution is -2.11. The summed E-state index contributed by atoms with van der Waals surface area (Å²) in [7, 11) is 3.11. The van der Waals surface area contributed by atoms with E-state index in [0.29, 0.717) is 63.0 Å². The van der Waals surface area contributed by atoms with Gasteiger partial charge in [-0.3, -0.25) is 0 Å². The average molecular weight is 535 g/mol. The van der Waals surface area contributed by atoms with Gasteiger partial charge in [0.15, 0.2) is 11.5 Å². The lowest BCUT2D eigenvalue weighted by Gasteiger charge is -2.14. The van der Waals surface area contributed by atoms with Crippen molar-refractivity contribution in [3.63, 3.8) is 0 Å². The zero-order valence-corrected chi connectivity index (χ0v) is 21.3. The molecule has 0 unspecified atom stereocenters. The zero-order chi connectivity index (χ0) is 25.9. The van der Waals surface area contributed by atoms with Gasteiger partial charge in [0, 0.05) is 11.5 Å². The highest BCUT2D eigenvalue weighted by atomic mass is 35.5. The van der Waals surface area contributed by atoms with Gasteiger partial charge in [-0.05, 0) is 47.2 Å². The number of nitrogens with one attached hydrogen (secondary N) is 1. The summed E-state index contributed by atoms with van der Waals surface area (Å²) in [6.07, 6.45) is 3.24. The predicted molar refractivity (Wildman–Crippen MR) is 142 cm³/mol. The number of benzene rings is 3. The summed E-state index contributed by atoms with van der Waals surface area (Å²) in [6.45, 7) is 0.866. The van der Waals surface area contributed by atoms with Gasteiger partial charge in [0.25, 0.3) is 0 Å². The molecule has 186 valence electrons. The summed E-state index contributed by atoms with van der Waals surface area (Å²) in [5, 5.41) is 24.5. The monoisotopic (exact) mass is 534 g/mol. The van der Waals surface area contributed by atoms with Gasteiger partial charge in [0.1, 0.15) is 24.2 Å². The average Bonchev–Trinajstić information content (AvgIpc) is 3.42. The van der Waals surface area contributed by atoms with Crippen LogP contribution in [-0.4, -0.2) is 40.8 Å². The Morgan fingerprint density at radius 1 is 0.865 bits per heavy atom. The van der Waals surface area contributed by atoms with Crippen molar-refractivity contribution in [1.82, 2.24) is 20.0 Å². The Kier molecular flexibility index (Phi) is 6.86. The topological polar surface area (TPSA) is 107 Å². The zero-order valence-electron chi connectivity index (χ0n) is 19.8.